The standard InChI is InChI=1S/C52H52N4O16/c57-45-33-9-1-2-10-34(33)46(58)53(45)29-41-42(30-54-47(59)35-11-3-4-12-36(35)48(54)60)70-26-22-66-19-20-68-24-28-72-44(32-56-51(63)39-15-7-8-16-40(39)52(56)64)43(71-27-23-67-18-17-65-21-25-69-41)31-55-49(61)37-13-5-6-14-38(37)50(55)62/h1-16,41-44H,17-32H2/t41-,42+,43+,44-. The molecular weight excluding hydrogens is 937 g/mol. The lowest BCUT2D eigenvalue weighted by molar-refractivity contribution is -0.112. The SMILES string of the molecule is O=C1c2ccccc2C(=O)N1C[C@@H]1OCCOCCOCCO[C@H](CN2C(=O)c3ccccc3C2=O)[C@H](CN2C(=O)c3ccccc3C2=O)OCCOCCOCCO[C@@H]1CN1C(=O)c2ccccc2C1=O. The van der Waals surface area contributed by atoms with Gasteiger partial charge in [-0.1, -0.05) is 48.5 Å². The molecule has 0 aliphatic carbocycles. The Morgan fingerprint density at radius 3 is 0.583 bits per heavy atom. The van der Waals surface area contributed by atoms with Crippen LogP contribution in [0.2, 0.25) is 0 Å². The molecule has 20 heteroatoms. The highest BCUT2D eigenvalue weighted by atomic mass is 16.6. The molecule has 376 valence electrons. The molecule has 5 heterocycles. The number of ether oxygens (including phenoxy) is 8. The molecule has 5 aliphatic rings. The fourth-order valence-corrected chi connectivity index (χ4v) is 9.13. The Labute approximate surface area is 413 Å². The van der Waals surface area contributed by atoms with Crippen molar-refractivity contribution in [1.29, 1.82) is 0 Å². The van der Waals surface area contributed by atoms with Crippen molar-refractivity contribution in [1.82, 2.24) is 19.6 Å². The lowest BCUT2D eigenvalue weighted by atomic mass is 10.1. The molecule has 20 nitrogen and oxygen atoms in total. The summed E-state index contributed by atoms with van der Waals surface area (Å²) in [6.45, 7) is -0.789. The van der Waals surface area contributed by atoms with E-state index in [1.165, 1.54) is 0 Å². The van der Waals surface area contributed by atoms with Gasteiger partial charge in [-0.2, -0.15) is 0 Å². The van der Waals surface area contributed by atoms with Gasteiger partial charge in [0.2, 0.25) is 0 Å². The van der Waals surface area contributed by atoms with E-state index in [0.29, 0.717) is 0 Å². The number of fused-ring (bicyclic) bond motifs is 4. The quantitative estimate of drug-likeness (QED) is 0.232. The third-order valence-corrected chi connectivity index (χ3v) is 12.8. The van der Waals surface area contributed by atoms with Crippen LogP contribution >= 0.6 is 0 Å². The van der Waals surface area contributed by atoms with Gasteiger partial charge in [-0.25, -0.2) is 0 Å². The zero-order valence-electron chi connectivity index (χ0n) is 39.2. The van der Waals surface area contributed by atoms with Crippen LogP contribution in [0.15, 0.2) is 97.1 Å². The highest BCUT2D eigenvalue weighted by molar-refractivity contribution is 6.23. The van der Waals surface area contributed by atoms with Gasteiger partial charge >= 0.3 is 0 Å². The van der Waals surface area contributed by atoms with Crippen LogP contribution in [0, 0.1) is 0 Å². The van der Waals surface area contributed by atoms with E-state index in [4.69, 9.17) is 37.9 Å². The zero-order chi connectivity index (χ0) is 50.1. The maximum atomic E-state index is 13.6. The van der Waals surface area contributed by atoms with E-state index in [9.17, 15) is 38.4 Å². The van der Waals surface area contributed by atoms with Crippen molar-refractivity contribution in [3.8, 4) is 0 Å². The van der Waals surface area contributed by atoms with Gasteiger partial charge in [0.25, 0.3) is 47.3 Å². The minimum absolute atomic E-state index is 0.0283. The lowest BCUT2D eigenvalue weighted by Crippen LogP contribution is -2.50. The number of nitrogens with zero attached hydrogens (tertiary/aromatic N) is 4. The lowest BCUT2D eigenvalue weighted by Gasteiger charge is -2.32. The van der Waals surface area contributed by atoms with Gasteiger partial charge in [-0.3, -0.25) is 58.0 Å². The molecule has 9 rings (SSSR count). The first kappa shape index (κ1) is 50.1. The predicted molar refractivity (Wildman–Crippen MR) is 249 cm³/mol. The van der Waals surface area contributed by atoms with Crippen LogP contribution in [0.4, 0.5) is 0 Å². The van der Waals surface area contributed by atoms with Gasteiger partial charge < -0.3 is 37.9 Å². The number of carbonyl (C=O) groups excluding carboxylic acids is 8. The molecule has 0 N–H and O–H groups in total. The van der Waals surface area contributed by atoms with Crippen molar-refractivity contribution < 1.29 is 76.3 Å². The van der Waals surface area contributed by atoms with Crippen LogP contribution < -0.4 is 0 Å². The van der Waals surface area contributed by atoms with Gasteiger partial charge in [-0.15, -0.1) is 0 Å². The number of hydrogen-bond acceptors (Lipinski definition) is 16. The molecule has 4 atom stereocenters. The summed E-state index contributed by atoms with van der Waals surface area (Å²) < 4.78 is 48.6. The molecule has 5 aliphatic heterocycles. The molecule has 0 spiro atoms. The van der Waals surface area contributed by atoms with Gasteiger partial charge in [0.1, 0.15) is 24.4 Å². The van der Waals surface area contributed by atoms with Crippen molar-refractivity contribution in [2.24, 2.45) is 0 Å². The van der Waals surface area contributed by atoms with E-state index in [2.05, 4.69) is 0 Å². The van der Waals surface area contributed by atoms with Crippen molar-refractivity contribution in [3.05, 3.63) is 142 Å². The summed E-state index contributed by atoms with van der Waals surface area (Å²) in [6, 6.07) is 25.8. The molecule has 4 aromatic carbocycles. The minimum Gasteiger partial charge on any atom is -0.377 e. The smallest absolute Gasteiger partial charge is 0.261 e. The molecule has 72 heavy (non-hydrogen) atoms. The largest absolute Gasteiger partial charge is 0.377 e. The molecule has 1 fully saturated rings. The number of rotatable bonds is 8. The van der Waals surface area contributed by atoms with E-state index < -0.39 is 71.7 Å². The second kappa shape index (κ2) is 23.1. The Bertz CT molecular complexity index is 2220. The number of carbonyl (C=O) groups is 8. The summed E-state index contributed by atoms with van der Waals surface area (Å²) in [4.78, 5) is 113. The molecule has 0 unspecified atom stereocenters. The first-order valence-electron chi connectivity index (χ1n) is 23.7. The number of amides is 8. The monoisotopic (exact) mass is 988 g/mol. The van der Waals surface area contributed by atoms with Gasteiger partial charge in [0.15, 0.2) is 0 Å². The third kappa shape index (κ3) is 10.7. The Morgan fingerprint density at radius 2 is 0.417 bits per heavy atom. The highest BCUT2D eigenvalue weighted by Crippen LogP contribution is 2.29. The summed E-state index contributed by atoms with van der Waals surface area (Å²) in [6.07, 6.45) is -4.18. The van der Waals surface area contributed by atoms with Crippen LogP contribution in [0.1, 0.15) is 82.9 Å². The average molecular weight is 989 g/mol. The molecule has 0 aromatic heterocycles. The summed E-state index contributed by atoms with van der Waals surface area (Å²) >= 11 is 0. The van der Waals surface area contributed by atoms with Crippen molar-refractivity contribution in [2.45, 2.75) is 24.4 Å². The summed E-state index contributed by atoms with van der Waals surface area (Å²) in [5.74, 6) is -4.20. The number of benzene rings is 4. The van der Waals surface area contributed by atoms with E-state index in [0.717, 1.165) is 19.6 Å². The predicted octanol–water partition coefficient (Wildman–Crippen LogP) is 2.79. The van der Waals surface area contributed by atoms with Gasteiger partial charge in [0, 0.05) is 0 Å². The van der Waals surface area contributed by atoms with Crippen molar-refractivity contribution >= 4 is 47.3 Å². The second-order valence-corrected chi connectivity index (χ2v) is 17.2. The van der Waals surface area contributed by atoms with Gasteiger partial charge in [0.05, 0.1) is 150 Å². The topological polar surface area (TPSA) is 223 Å². The Balaban J connectivity index is 0.886. The first-order valence-corrected chi connectivity index (χ1v) is 23.7. The summed E-state index contributed by atoms with van der Waals surface area (Å²) in [5.41, 5.74) is 1.89. The Morgan fingerprint density at radius 1 is 0.264 bits per heavy atom. The van der Waals surface area contributed by atoms with E-state index in [-0.39, 0.29) is 150 Å². The van der Waals surface area contributed by atoms with Crippen LogP contribution in [-0.4, -0.2) is 197 Å². The average Bonchev–Trinajstić information content (AvgIpc) is 3.98. The Hall–Kier alpha value is -6.88. The number of imide groups is 4. The highest BCUT2D eigenvalue weighted by Gasteiger charge is 2.44. The molecule has 0 bridgehead atoms. The Kier molecular flexibility index (Phi) is 16.1. The maximum absolute atomic E-state index is 13.6. The minimum atomic E-state index is -1.04. The maximum Gasteiger partial charge on any atom is 0.261 e. The molecule has 0 saturated carbocycles. The first-order chi connectivity index (χ1) is 35.1. The molecule has 0 radical (unpaired) electrons. The molecule has 8 amide bonds. The second-order valence-electron chi connectivity index (χ2n) is 17.2. The van der Waals surface area contributed by atoms with Gasteiger partial charge in [-0.05, 0) is 48.5 Å². The fraction of sp³-hybridized carbons (Fsp3) is 0.385. The molecule has 4 aromatic rings. The normalized spacial score (nSPS) is 23.3. The zero-order valence-corrected chi connectivity index (χ0v) is 39.2. The van der Waals surface area contributed by atoms with E-state index in [1.54, 1.807) is 97.1 Å². The third-order valence-electron chi connectivity index (χ3n) is 12.8. The summed E-state index contributed by atoms with van der Waals surface area (Å²) in [7, 11) is 0. The van der Waals surface area contributed by atoms with Crippen LogP contribution in [-0.2, 0) is 37.9 Å². The van der Waals surface area contributed by atoms with E-state index in [1.807, 2.05) is 0 Å². The number of hydrogen-bond donors (Lipinski definition) is 0. The molecule has 1 saturated heterocycles. The molecular formula is C52H52N4O16. The van der Waals surface area contributed by atoms with Crippen LogP contribution in [0.25, 0.3) is 0 Å². The van der Waals surface area contributed by atoms with E-state index >= 15 is 0 Å². The van der Waals surface area contributed by atoms with Crippen molar-refractivity contribution in [3.63, 3.8) is 0 Å². The fourth-order valence-electron chi connectivity index (χ4n) is 9.13. The van der Waals surface area contributed by atoms with Crippen molar-refractivity contribution in [2.75, 3.05) is 105 Å². The summed E-state index contributed by atoms with van der Waals surface area (Å²) in [5, 5.41) is 0. The van der Waals surface area contributed by atoms with Crippen LogP contribution in [0.5, 0.6) is 0 Å². The van der Waals surface area contributed by atoms with Crippen LogP contribution in [0.3, 0.4) is 0 Å².